The van der Waals surface area contributed by atoms with E-state index in [1.165, 1.54) is 19.3 Å². The Morgan fingerprint density at radius 2 is 1.84 bits per heavy atom. The van der Waals surface area contributed by atoms with E-state index < -0.39 is 16.1 Å². The Morgan fingerprint density at radius 1 is 1.24 bits per heavy atom. The first kappa shape index (κ1) is 19.6. The third-order valence-electron chi connectivity index (χ3n) is 4.71. The maximum absolute atomic E-state index is 12.5. The van der Waals surface area contributed by atoms with Crippen molar-refractivity contribution in [3.05, 3.63) is 24.3 Å². The lowest BCUT2D eigenvalue weighted by atomic mass is 9.89. The largest absolute Gasteiger partial charge is 0.497 e. The van der Waals surface area contributed by atoms with Gasteiger partial charge in [0.25, 0.3) is 0 Å². The van der Waals surface area contributed by atoms with Crippen LogP contribution in [0.3, 0.4) is 0 Å². The Bertz CT molecular complexity index is 667. The zero-order chi connectivity index (χ0) is 18.4. The lowest BCUT2D eigenvalue weighted by molar-refractivity contribution is -0.122. The molecule has 25 heavy (non-hydrogen) atoms. The molecule has 1 saturated carbocycles. The van der Waals surface area contributed by atoms with Crippen LogP contribution >= 0.6 is 0 Å². The molecule has 1 fully saturated rings. The summed E-state index contributed by atoms with van der Waals surface area (Å²) in [7, 11) is -2.05. The molecule has 140 valence electrons. The lowest BCUT2D eigenvalue weighted by Gasteiger charge is -2.29. The van der Waals surface area contributed by atoms with Crippen LogP contribution in [-0.2, 0) is 14.8 Å². The van der Waals surface area contributed by atoms with E-state index in [1.54, 1.807) is 38.3 Å². The number of anilines is 1. The molecule has 1 amide bonds. The number of nitrogens with one attached hydrogen (secondary N) is 1. The third-order valence-corrected chi connectivity index (χ3v) is 5.95. The number of hydrogen-bond acceptors (Lipinski definition) is 4. The van der Waals surface area contributed by atoms with Gasteiger partial charge in [-0.05, 0) is 49.9 Å². The first-order valence-corrected chi connectivity index (χ1v) is 10.6. The molecule has 0 heterocycles. The number of nitrogens with zero attached hydrogens (tertiary/aromatic N) is 1. The maximum atomic E-state index is 12.5. The van der Waals surface area contributed by atoms with Crippen LogP contribution in [0.5, 0.6) is 5.75 Å². The molecule has 0 aliphatic heterocycles. The minimum absolute atomic E-state index is 0.271. The SMILES string of the molecule is COc1ccc(N([C@H](C)C(=O)NCC2CCCCC2)S(C)(=O)=O)cc1. The molecule has 1 aliphatic rings. The molecule has 6 nitrogen and oxygen atoms in total. The van der Waals surface area contributed by atoms with Crippen molar-refractivity contribution in [2.24, 2.45) is 5.92 Å². The first-order valence-electron chi connectivity index (χ1n) is 8.74. The van der Waals surface area contributed by atoms with Gasteiger partial charge in [-0.3, -0.25) is 9.10 Å². The summed E-state index contributed by atoms with van der Waals surface area (Å²) >= 11 is 0. The Labute approximate surface area is 150 Å². The van der Waals surface area contributed by atoms with Crippen molar-refractivity contribution >= 4 is 21.6 Å². The van der Waals surface area contributed by atoms with Crippen molar-refractivity contribution in [3.8, 4) is 5.75 Å². The summed E-state index contributed by atoms with van der Waals surface area (Å²) in [5.74, 6) is 0.857. The topological polar surface area (TPSA) is 75.7 Å². The normalized spacial score (nSPS) is 16.9. The molecule has 1 atom stereocenters. The number of carbonyl (C=O) groups excluding carboxylic acids is 1. The number of hydrogen-bond donors (Lipinski definition) is 1. The standard InChI is InChI=1S/C18H28N2O4S/c1-14(18(21)19-13-15-7-5-4-6-8-15)20(25(3,22)23)16-9-11-17(24-2)12-10-16/h9-12,14-15H,4-8,13H2,1-3H3,(H,19,21)/t14-/m1/s1. The molecular formula is C18H28N2O4S. The summed E-state index contributed by atoms with van der Waals surface area (Å²) in [5.41, 5.74) is 0.448. The van der Waals surface area contributed by atoms with Gasteiger partial charge in [0, 0.05) is 6.54 Å². The number of benzene rings is 1. The number of methoxy groups -OCH3 is 1. The Balaban J connectivity index is 2.09. The average Bonchev–Trinajstić information content (AvgIpc) is 2.60. The van der Waals surface area contributed by atoms with Crippen LogP contribution in [0.15, 0.2) is 24.3 Å². The summed E-state index contributed by atoms with van der Waals surface area (Å²) in [6.07, 6.45) is 7.04. The smallest absolute Gasteiger partial charge is 0.243 e. The van der Waals surface area contributed by atoms with E-state index in [-0.39, 0.29) is 5.91 Å². The number of amides is 1. The fourth-order valence-electron chi connectivity index (χ4n) is 3.32. The van der Waals surface area contributed by atoms with Crippen molar-refractivity contribution in [2.45, 2.75) is 45.1 Å². The van der Waals surface area contributed by atoms with Gasteiger partial charge in [-0.1, -0.05) is 19.3 Å². The van der Waals surface area contributed by atoms with Crippen molar-refractivity contribution < 1.29 is 17.9 Å². The van der Waals surface area contributed by atoms with E-state index in [1.807, 2.05) is 0 Å². The minimum atomic E-state index is -3.59. The summed E-state index contributed by atoms with van der Waals surface area (Å²) in [5, 5.41) is 2.93. The summed E-state index contributed by atoms with van der Waals surface area (Å²) in [6.45, 7) is 2.23. The van der Waals surface area contributed by atoms with E-state index in [2.05, 4.69) is 5.32 Å². The van der Waals surface area contributed by atoms with E-state index >= 15 is 0 Å². The molecule has 0 radical (unpaired) electrons. The van der Waals surface area contributed by atoms with Crippen LogP contribution in [0.4, 0.5) is 5.69 Å². The quantitative estimate of drug-likeness (QED) is 0.802. The monoisotopic (exact) mass is 368 g/mol. The van der Waals surface area contributed by atoms with Gasteiger partial charge in [-0.15, -0.1) is 0 Å². The van der Waals surface area contributed by atoms with Crippen LogP contribution < -0.4 is 14.4 Å². The van der Waals surface area contributed by atoms with Gasteiger partial charge in [-0.2, -0.15) is 0 Å². The van der Waals surface area contributed by atoms with Gasteiger partial charge >= 0.3 is 0 Å². The zero-order valence-corrected chi connectivity index (χ0v) is 16.0. The van der Waals surface area contributed by atoms with Gasteiger partial charge in [0.1, 0.15) is 11.8 Å². The second-order valence-electron chi connectivity index (χ2n) is 6.68. The molecule has 7 heteroatoms. The van der Waals surface area contributed by atoms with Crippen LogP contribution in [0.2, 0.25) is 0 Å². The second-order valence-corrected chi connectivity index (χ2v) is 8.54. The van der Waals surface area contributed by atoms with Crippen LogP contribution in [0, 0.1) is 5.92 Å². The highest BCUT2D eigenvalue weighted by molar-refractivity contribution is 7.92. The molecule has 0 unspecified atom stereocenters. The highest BCUT2D eigenvalue weighted by Crippen LogP contribution is 2.25. The highest BCUT2D eigenvalue weighted by atomic mass is 32.2. The van der Waals surface area contributed by atoms with Gasteiger partial charge in [0.15, 0.2) is 0 Å². The average molecular weight is 368 g/mol. The second kappa shape index (κ2) is 8.56. The van der Waals surface area contributed by atoms with E-state index in [9.17, 15) is 13.2 Å². The predicted molar refractivity (Wildman–Crippen MR) is 99.4 cm³/mol. The molecular weight excluding hydrogens is 340 g/mol. The summed E-state index contributed by atoms with van der Waals surface area (Å²) in [6, 6.07) is 5.84. The van der Waals surface area contributed by atoms with E-state index in [0.717, 1.165) is 23.4 Å². The maximum Gasteiger partial charge on any atom is 0.243 e. The Kier molecular flexibility index (Phi) is 6.70. The summed E-state index contributed by atoms with van der Waals surface area (Å²) in [4.78, 5) is 12.5. The molecule has 0 aromatic heterocycles. The van der Waals surface area contributed by atoms with Gasteiger partial charge < -0.3 is 10.1 Å². The molecule has 1 aromatic rings. The summed E-state index contributed by atoms with van der Waals surface area (Å²) < 4.78 is 30.8. The van der Waals surface area contributed by atoms with Crippen LogP contribution in [0.1, 0.15) is 39.0 Å². The molecule has 1 N–H and O–H groups in total. The lowest BCUT2D eigenvalue weighted by Crippen LogP contribution is -2.48. The Hall–Kier alpha value is -1.76. The Morgan fingerprint density at radius 3 is 2.36 bits per heavy atom. The van der Waals surface area contributed by atoms with Crippen LogP contribution in [0.25, 0.3) is 0 Å². The fourth-order valence-corrected chi connectivity index (χ4v) is 4.50. The minimum Gasteiger partial charge on any atom is -0.497 e. The van der Waals surface area contributed by atoms with Crippen LogP contribution in [-0.4, -0.2) is 40.3 Å². The number of ether oxygens (including phenoxy) is 1. The van der Waals surface area contributed by atoms with Gasteiger partial charge in [0.05, 0.1) is 19.1 Å². The first-order chi connectivity index (χ1) is 11.8. The molecule has 0 spiro atoms. The van der Waals surface area contributed by atoms with Crippen molar-refractivity contribution in [1.82, 2.24) is 5.32 Å². The predicted octanol–water partition coefficient (Wildman–Crippen LogP) is 2.55. The zero-order valence-electron chi connectivity index (χ0n) is 15.2. The van der Waals surface area contributed by atoms with Crippen molar-refractivity contribution in [1.29, 1.82) is 0 Å². The third kappa shape index (κ3) is 5.36. The number of rotatable bonds is 7. The molecule has 2 rings (SSSR count). The van der Waals surface area contributed by atoms with Crippen molar-refractivity contribution in [3.63, 3.8) is 0 Å². The highest BCUT2D eigenvalue weighted by Gasteiger charge is 2.29. The fraction of sp³-hybridized carbons (Fsp3) is 0.611. The van der Waals surface area contributed by atoms with Gasteiger partial charge in [0.2, 0.25) is 15.9 Å². The van der Waals surface area contributed by atoms with E-state index in [4.69, 9.17) is 4.74 Å². The number of carbonyl (C=O) groups is 1. The molecule has 0 bridgehead atoms. The molecule has 0 saturated heterocycles. The number of sulfonamides is 1. The molecule has 1 aromatic carbocycles. The molecule has 1 aliphatic carbocycles. The van der Waals surface area contributed by atoms with Crippen molar-refractivity contribution in [2.75, 3.05) is 24.2 Å². The van der Waals surface area contributed by atoms with E-state index in [0.29, 0.717) is 23.9 Å². The van der Waals surface area contributed by atoms with Gasteiger partial charge in [-0.25, -0.2) is 8.42 Å².